The van der Waals surface area contributed by atoms with E-state index in [2.05, 4.69) is 28.2 Å². The summed E-state index contributed by atoms with van der Waals surface area (Å²) < 4.78 is 13.5. The van der Waals surface area contributed by atoms with Gasteiger partial charge in [-0.3, -0.25) is 4.79 Å². The summed E-state index contributed by atoms with van der Waals surface area (Å²) in [5.41, 5.74) is 5.78. The van der Waals surface area contributed by atoms with E-state index in [1.165, 1.54) is 12.1 Å². The van der Waals surface area contributed by atoms with E-state index in [4.69, 9.17) is 5.73 Å². The number of hydrogen-bond donors (Lipinski definition) is 2. The van der Waals surface area contributed by atoms with Crippen LogP contribution in [0.15, 0.2) is 16.6 Å². The zero-order chi connectivity index (χ0) is 13.5. The number of nitrogens with two attached hydrogens (primary N) is 1. The van der Waals surface area contributed by atoms with Crippen LogP contribution in [0, 0.1) is 5.82 Å². The van der Waals surface area contributed by atoms with Crippen LogP contribution < -0.4 is 11.1 Å². The third kappa shape index (κ3) is 4.49. The molecule has 0 aromatic heterocycles. The fraction of sp³-hybridized carbons (Fsp3) is 0.417. The van der Waals surface area contributed by atoms with Crippen molar-refractivity contribution >= 4 is 39.3 Å². The molecule has 1 aromatic rings. The molecule has 1 aromatic carbocycles. The Morgan fingerprint density at radius 2 is 2.28 bits per heavy atom. The van der Waals surface area contributed by atoms with E-state index in [9.17, 15) is 9.18 Å². The Kier molecular flexibility index (Phi) is 6.49. The highest BCUT2D eigenvalue weighted by molar-refractivity contribution is 9.10. The first-order valence-corrected chi connectivity index (χ1v) is 7.61. The Morgan fingerprint density at radius 1 is 1.56 bits per heavy atom. The molecule has 0 bridgehead atoms. The molecule has 0 heterocycles. The predicted octanol–water partition coefficient (Wildman–Crippen LogP) is 3.04. The standard InChI is InChI=1S/C12H16BrFN2OS/c1-2-18-5-3-4-16-12(17)8-6-11(15)10(14)7-9(8)13/h6-7H,2-5,15H2,1H3,(H,16,17). The lowest BCUT2D eigenvalue weighted by molar-refractivity contribution is 0.0953. The zero-order valence-corrected chi connectivity index (χ0v) is 12.5. The molecule has 0 aliphatic carbocycles. The molecule has 0 fully saturated rings. The van der Waals surface area contributed by atoms with Gasteiger partial charge in [-0.15, -0.1) is 0 Å². The normalized spacial score (nSPS) is 10.4. The Bertz CT molecular complexity index is 429. The van der Waals surface area contributed by atoms with Gasteiger partial charge in [-0.2, -0.15) is 11.8 Å². The second-order valence-corrected chi connectivity index (χ2v) is 5.91. The number of nitrogen functional groups attached to an aromatic ring is 1. The smallest absolute Gasteiger partial charge is 0.252 e. The molecule has 18 heavy (non-hydrogen) atoms. The quantitative estimate of drug-likeness (QED) is 0.621. The number of rotatable bonds is 6. The molecule has 3 N–H and O–H groups in total. The van der Waals surface area contributed by atoms with Crippen molar-refractivity contribution in [1.29, 1.82) is 0 Å². The van der Waals surface area contributed by atoms with Crippen molar-refractivity contribution in [2.24, 2.45) is 0 Å². The van der Waals surface area contributed by atoms with Gasteiger partial charge in [0, 0.05) is 11.0 Å². The number of carbonyl (C=O) groups is 1. The second-order valence-electron chi connectivity index (χ2n) is 3.66. The van der Waals surface area contributed by atoms with Crippen molar-refractivity contribution in [3.8, 4) is 0 Å². The highest BCUT2D eigenvalue weighted by Gasteiger charge is 2.12. The highest BCUT2D eigenvalue weighted by Crippen LogP contribution is 2.22. The maximum Gasteiger partial charge on any atom is 0.252 e. The van der Waals surface area contributed by atoms with Crippen molar-refractivity contribution in [3.05, 3.63) is 28.0 Å². The molecule has 0 radical (unpaired) electrons. The van der Waals surface area contributed by atoms with Gasteiger partial charge < -0.3 is 11.1 Å². The second kappa shape index (κ2) is 7.63. The molecule has 3 nitrogen and oxygen atoms in total. The Morgan fingerprint density at radius 3 is 2.94 bits per heavy atom. The zero-order valence-electron chi connectivity index (χ0n) is 10.1. The molecule has 0 aliphatic rings. The van der Waals surface area contributed by atoms with Gasteiger partial charge in [-0.25, -0.2) is 4.39 Å². The number of thioether (sulfide) groups is 1. The number of amides is 1. The Labute approximate surface area is 119 Å². The van der Waals surface area contributed by atoms with Crippen LogP contribution in [0.2, 0.25) is 0 Å². The van der Waals surface area contributed by atoms with E-state index in [1.807, 2.05) is 11.8 Å². The topological polar surface area (TPSA) is 55.1 Å². The summed E-state index contributed by atoms with van der Waals surface area (Å²) in [4.78, 5) is 11.8. The summed E-state index contributed by atoms with van der Waals surface area (Å²) in [6.07, 6.45) is 0.915. The molecule has 0 saturated heterocycles. The number of benzene rings is 1. The lowest BCUT2D eigenvalue weighted by Gasteiger charge is -2.08. The molecule has 100 valence electrons. The van der Waals surface area contributed by atoms with E-state index >= 15 is 0 Å². The third-order valence-electron chi connectivity index (χ3n) is 2.29. The number of hydrogen-bond acceptors (Lipinski definition) is 3. The molecular weight excluding hydrogens is 319 g/mol. The SMILES string of the molecule is CCSCCCNC(=O)c1cc(N)c(F)cc1Br. The lowest BCUT2D eigenvalue weighted by atomic mass is 10.2. The number of nitrogens with one attached hydrogen (secondary N) is 1. The van der Waals surface area contributed by atoms with Gasteiger partial charge in [-0.1, -0.05) is 6.92 Å². The van der Waals surface area contributed by atoms with Crippen molar-refractivity contribution in [1.82, 2.24) is 5.32 Å². The fourth-order valence-corrected chi connectivity index (χ4v) is 2.49. The van der Waals surface area contributed by atoms with Crippen LogP contribution in [-0.2, 0) is 0 Å². The van der Waals surface area contributed by atoms with Crippen molar-refractivity contribution in [2.75, 3.05) is 23.8 Å². The maximum atomic E-state index is 13.1. The van der Waals surface area contributed by atoms with E-state index < -0.39 is 5.82 Å². The van der Waals surface area contributed by atoms with Crippen LogP contribution >= 0.6 is 27.7 Å². The first kappa shape index (κ1) is 15.3. The van der Waals surface area contributed by atoms with Crippen LogP contribution in [0.4, 0.5) is 10.1 Å². The van der Waals surface area contributed by atoms with E-state index in [0.717, 1.165) is 17.9 Å². The molecule has 1 rings (SSSR count). The molecule has 0 atom stereocenters. The third-order valence-corrected chi connectivity index (χ3v) is 3.93. The van der Waals surface area contributed by atoms with Crippen LogP contribution in [0.1, 0.15) is 23.7 Å². The molecule has 0 unspecified atom stereocenters. The minimum absolute atomic E-state index is 0.0233. The van der Waals surface area contributed by atoms with Gasteiger partial charge in [-0.05, 0) is 46.0 Å². The largest absolute Gasteiger partial charge is 0.396 e. The van der Waals surface area contributed by atoms with Crippen LogP contribution in [0.25, 0.3) is 0 Å². The summed E-state index contributed by atoms with van der Waals surface area (Å²) in [5.74, 6) is 1.32. The maximum absolute atomic E-state index is 13.1. The minimum atomic E-state index is -0.530. The van der Waals surface area contributed by atoms with E-state index in [1.54, 1.807) is 0 Å². The van der Waals surface area contributed by atoms with Gasteiger partial charge in [0.1, 0.15) is 5.82 Å². The summed E-state index contributed by atoms with van der Waals surface area (Å²) >= 11 is 4.99. The van der Waals surface area contributed by atoms with E-state index in [0.29, 0.717) is 16.6 Å². The average molecular weight is 335 g/mol. The Balaban J connectivity index is 2.54. The lowest BCUT2D eigenvalue weighted by Crippen LogP contribution is -2.25. The van der Waals surface area contributed by atoms with Gasteiger partial charge >= 0.3 is 0 Å². The van der Waals surface area contributed by atoms with Crippen molar-refractivity contribution in [2.45, 2.75) is 13.3 Å². The molecule has 6 heteroatoms. The average Bonchev–Trinajstić information content (AvgIpc) is 2.33. The predicted molar refractivity (Wildman–Crippen MR) is 78.5 cm³/mol. The summed E-state index contributed by atoms with van der Waals surface area (Å²) in [6, 6.07) is 2.55. The van der Waals surface area contributed by atoms with E-state index in [-0.39, 0.29) is 11.6 Å². The minimum Gasteiger partial charge on any atom is -0.396 e. The molecule has 0 aliphatic heterocycles. The van der Waals surface area contributed by atoms with Crippen LogP contribution in [0.5, 0.6) is 0 Å². The molecule has 1 amide bonds. The summed E-state index contributed by atoms with van der Waals surface area (Å²) in [5, 5.41) is 2.79. The van der Waals surface area contributed by atoms with Gasteiger partial charge in [0.15, 0.2) is 0 Å². The van der Waals surface area contributed by atoms with Crippen molar-refractivity contribution < 1.29 is 9.18 Å². The number of carbonyl (C=O) groups excluding carboxylic acids is 1. The van der Waals surface area contributed by atoms with Gasteiger partial charge in [0.05, 0.1) is 11.3 Å². The molecule has 0 spiro atoms. The first-order chi connectivity index (χ1) is 8.56. The molecule has 0 saturated carbocycles. The van der Waals surface area contributed by atoms with Crippen LogP contribution in [0.3, 0.4) is 0 Å². The molecular formula is C12H16BrFN2OS. The number of halogens is 2. The summed E-state index contributed by atoms with van der Waals surface area (Å²) in [7, 11) is 0. The van der Waals surface area contributed by atoms with Crippen LogP contribution in [-0.4, -0.2) is 24.0 Å². The Hall–Kier alpha value is -0.750. The highest BCUT2D eigenvalue weighted by atomic mass is 79.9. The summed E-state index contributed by atoms with van der Waals surface area (Å²) in [6.45, 7) is 2.71. The number of anilines is 1. The van der Waals surface area contributed by atoms with Gasteiger partial charge in [0.25, 0.3) is 5.91 Å². The first-order valence-electron chi connectivity index (χ1n) is 5.66. The van der Waals surface area contributed by atoms with Crippen molar-refractivity contribution in [3.63, 3.8) is 0 Å². The monoisotopic (exact) mass is 334 g/mol. The fourth-order valence-electron chi connectivity index (χ4n) is 1.36. The van der Waals surface area contributed by atoms with Gasteiger partial charge in [0.2, 0.25) is 0 Å².